The van der Waals surface area contributed by atoms with Crippen molar-refractivity contribution < 1.29 is 9.59 Å². The van der Waals surface area contributed by atoms with E-state index in [4.69, 9.17) is 0 Å². The van der Waals surface area contributed by atoms with Gasteiger partial charge in [0.2, 0.25) is 11.8 Å². The van der Waals surface area contributed by atoms with Crippen molar-refractivity contribution in [2.45, 2.75) is 32.7 Å². The summed E-state index contributed by atoms with van der Waals surface area (Å²) in [5, 5.41) is 2.98. The quantitative estimate of drug-likeness (QED) is 0.925. The number of aryl methyl sites for hydroxylation is 1. The van der Waals surface area contributed by atoms with E-state index in [1.807, 2.05) is 38.1 Å². The van der Waals surface area contributed by atoms with Crippen LogP contribution in [0.25, 0.3) is 0 Å². The summed E-state index contributed by atoms with van der Waals surface area (Å²) in [6.07, 6.45) is 1.64. The first kappa shape index (κ1) is 17.5. The molecule has 0 spiro atoms. The molecule has 2 rings (SSSR count). The Hall–Kier alpha value is -1.88. The fourth-order valence-electron chi connectivity index (χ4n) is 3.03. The fraction of sp³-hybridized carbons (Fsp3) is 0.556. The van der Waals surface area contributed by atoms with Crippen LogP contribution in [0.15, 0.2) is 24.3 Å². The molecular weight excluding hydrogens is 290 g/mol. The number of amides is 2. The molecule has 1 fully saturated rings. The molecule has 1 N–H and O–H groups in total. The van der Waals surface area contributed by atoms with E-state index in [0.29, 0.717) is 0 Å². The Kier molecular flexibility index (Phi) is 5.77. The van der Waals surface area contributed by atoms with Crippen LogP contribution >= 0.6 is 0 Å². The van der Waals surface area contributed by atoms with Gasteiger partial charge in [0.05, 0.1) is 6.04 Å². The minimum absolute atomic E-state index is 0.00739. The number of likely N-dealkylation sites (tertiary alicyclic amines) is 1. The number of nitrogens with one attached hydrogen (secondary N) is 1. The summed E-state index contributed by atoms with van der Waals surface area (Å²) in [5.41, 5.74) is 1.96. The summed E-state index contributed by atoms with van der Waals surface area (Å²) in [5.74, 6) is 0.294. The summed E-state index contributed by atoms with van der Waals surface area (Å²) in [6, 6.07) is 7.62. The third-order valence-corrected chi connectivity index (χ3v) is 4.53. The Bertz CT molecular complexity index is 563. The first-order valence-electron chi connectivity index (χ1n) is 8.21. The van der Waals surface area contributed by atoms with Crippen LogP contribution in [0.3, 0.4) is 0 Å². The number of piperidine rings is 1. The Labute approximate surface area is 138 Å². The predicted molar refractivity (Wildman–Crippen MR) is 92.3 cm³/mol. The van der Waals surface area contributed by atoms with Crippen LogP contribution in [-0.4, -0.2) is 54.8 Å². The smallest absolute Gasteiger partial charge is 0.241 e. The average molecular weight is 317 g/mol. The van der Waals surface area contributed by atoms with E-state index in [1.165, 1.54) is 0 Å². The molecule has 0 aliphatic carbocycles. The van der Waals surface area contributed by atoms with Crippen LogP contribution in [0, 0.1) is 12.8 Å². The molecule has 126 valence electrons. The second-order valence-corrected chi connectivity index (χ2v) is 6.58. The first-order valence-corrected chi connectivity index (χ1v) is 8.21. The highest BCUT2D eigenvalue weighted by atomic mass is 16.2. The van der Waals surface area contributed by atoms with E-state index in [1.54, 1.807) is 19.0 Å². The van der Waals surface area contributed by atoms with Gasteiger partial charge >= 0.3 is 0 Å². The van der Waals surface area contributed by atoms with Gasteiger partial charge in [-0.05, 0) is 57.5 Å². The number of rotatable bonds is 4. The maximum Gasteiger partial charge on any atom is 0.241 e. The van der Waals surface area contributed by atoms with Gasteiger partial charge in [-0.1, -0.05) is 12.1 Å². The highest BCUT2D eigenvalue weighted by molar-refractivity contribution is 5.94. The molecule has 0 bridgehead atoms. The van der Waals surface area contributed by atoms with Gasteiger partial charge < -0.3 is 10.2 Å². The van der Waals surface area contributed by atoms with Gasteiger partial charge in [-0.15, -0.1) is 0 Å². The molecule has 2 amide bonds. The molecule has 1 unspecified atom stereocenters. The summed E-state index contributed by atoms with van der Waals surface area (Å²) < 4.78 is 0. The SMILES string of the molecule is Cc1cccc(NC(=O)C(C)N2CCC(C(=O)N(C)C)CC2)c1. The molecule has 1 atom stereocenters. The maximum absolute atomic E-state index is 12.4. The van der Waals surface area contributed by atoms with E-state index < -0.39 is 0 Å². The molecule has 0 saturated carbocycles. The van der Waals surface area contributed by atoms with Gasteiger partial charge in [-0.2, -0.15) is 0 Å². The van der Waals surface area contributed by atoms with Crippen molar-refractivity contribution in [3.05, 3.63) is 29.8 Å². The van der Waals surface area contributed by atoms with Crippen molar-refractivity contribution in [1.29, 1.82) is 0 Å². The van der Waals surface area contributed by atoms with Crippen LogP contribution in [0.5, 0.6) is 0 Å². The summed E-state index contributed by atoms with van der Waals surface area (Å²) in [6.45, 7) is 5.50. The molecule has 1 aliphatic rings. The lowest BCUT2D eigenvalue weighted by Gasteiger charge is -2.35. The van der Waals surface area contributed by atoms with Gasteiger partial charge in [0, 0.05) is 25.7 Å². The number of anilines is 1. The standard InChI is InChI=1S/C18H27N3O2/c1-13-6-5-7-16(12-13)19-17(22)14(2)21-10-8-15(9-11-21)18(23)20(3)4/h5-7,12,14-15H,8-11H2,1-4H3,(H,19,22). The molecule has 1 aromatic carbocycles. The number of hydrogen-bond acceptors (Lipinski definition) is 3. The minimum Gasteiger partial charge on any atom is -0.349 e. The molecule has 5 nitrogen and oxygen atoms in total. The molecule has 23 heavy (non-hydrogen) atoms. The second kappa shape index (κ2) is 7.59. The fourth-order valence-corrected chi connectivity index (χ4v) is 3.03. The molecule has 0 aromatic heterocycles. The van der Waals surface area contributed by atoms with Gasteiger partial charge in [0.25, 0.3) is 0 Å². The van der Waals surface area contributed by atoms with Crippen molar-refractivity contribution in [2.24, 2.45) is 5.92 Å². The van der Waals surface area contributed by atoms with Gasteiger partial charge in [0.1, 0.15) is 0 Å². The van der Waals surface area contributed by atoms with Gasteiger partial charge in [-0.3, -0.25) is 14.5 Å². The van der Waals surface area contributed by atoms with Crippen LogP contribution in [-0.2, 0) is 9.59 Å². The van der Waals surface area contributed by atoms with E-state index in [9.17, 15) is 9.59 Å². The number of carbonyl (C=O) groups is 2. The van der Waals surface area contributed by atoms with E-state index in [2.05, 4.69) is 10.2 Å². The Balaban J connectivity index is 1.88. The summed E-state index contributed by atoms with van der Waals surface area (Å²) in [7, 11) is 3.60. The highest BCUT2D eigenvalue weighted by Crippen LogP contribution is 2.21. The average Bonchev–Trinajstić information content (AvgIpc) is 2.53. The maximum atomic E-state index is 12.4. The Morgan fingerprint density at radius 2 is 1.91 bits per heavy atom. The Morgan fingerprint density at radius 1 is 1.26 bits per heavy atom. The Morgan fingerprint density at radius 3 is 2.48 bits per heavy atom. The number of benzene rings is 1. The van der Waals surface area contributed by atoms with Crippen LogP contribution < -0.4 is 5.32 Å². The van der Waals surface area contributed by atoms with Crippen molar-refractivity contribution >= 4 is 17.5 Å². The van der Waals surface area contributed by atoms with E-state index in [0.717, 1.165) is 37.2 Å². The second-order valence-electron chi connectivity index (χ2n) is 6.58. The number of hydrogen-bond donors (Lipinski definition) is 1. The van der Waals surface area contributed by atoms with E-state index >= 15 is 0 Å². The zero-order valence-corrected chi connectivity index (χ0v) is 14.5. The molecular formula is C18H27N3O2. The largest absolute Gasteiger partial charge is 0.349 e. The monoisotopic (exact) mass is 317 g/mol. The van der Waals surface area contributed by atoms with Crippen LogP contribution in [0.4, 0.5) is 5.69 Å². The minimum atomic E-state index is -0.189. The van der Waals surface area contributed by atoms with Crippen molar-refractivity contribution in [3.63, 3.8) is 0 Å². The molecule has 1 aromatic rings. The molecule has 5 heteroatoms. The molecule has 0 radical (unpaired) electrons. The molecule has 1 saturated heterocycles. The molecule has 1 aliphatic heterocycles. The lowest BCUT2D eigenvalue weighted by Crippen LogP contribution is -2.48. The number of carbonyl (C=O) groups excluding carboxylic acids is 2. The van der Waals surface area contributed by atoms with Crippen molar-refractivity contribution in [2.75, 3.05) is 32.5 Å². The van der Waals surface area contributed by atoms with Crippen LogP contribution in [0.2, 0.25) is 0 Å². The first-order chi connectivity index (χ1) is 10.9. The summed E-state index contributed by atoms with van der Waals surface area (Å²) >= 11 is 0. The zero-order chi connectivity index (χ0) is 17.0. The van der Waals surface area contributed by atoms with Gasteiger partial charge in [-0.25, -0.2) is 0 Å². The van der Waals surface area contributed by atoms with Crippen molar-refractivity contribution in [1.82, 2.24) is 9.80 Å². The molecule has 1 heterocycles. The highest BCUT2D eigenvalue weighted by Gasteiger charge is 2.30. The number of nitrogens with zero attached hydrogens (tertiary/aromatic N) is 2. The van der Waals surface area contributed by atoms with Crippen molar-refractivity contribution in [3.8, 4) is 0 Å². The lowest BCUT2D eigenvalue weighted by molar-refractivity contribution is -0.134. The third-order valence-electron chi connectivity index (χ3n) is 4.53. The zero-order valence-electron chi connectivity index (χ0n) is 14.5. The van der Waals surface area contributed by atoms with E-state index in [-0.39, 0.29) is 23.8 Å². The van der Waals surface area contributed by atoms with Gasteiger partial charge in [0.15, 0.2) is 0 Å². The lowest BCUT2D eigenvalue weighted by atomic mass is 9.94. The normalized spacial score (nSPS) is 17.6. The predicted octanol–water partition coefficient (Wildman–Crippen LogP) is 2.12. The third kappa shape index (κ3) is 4.55. The topological polar surface area (TPSA) is 52.7 Å². The summed E-state index contributed by atoms with van der Waals surface area (Å²) in [4.78, 5) is 28.2. The van der Waals surface area contributed by atoms with Crippen LogP contribution in [0.1, 0.15) is 25.3 Å².